The Morgan fingerprint density at radius 2 is 2.23 bits per heavy atom. The van der Waals surface area contributed by atoms with Crippen LogP contribution in [0.3, 0.4) is 0 Å². The second kappa shape index (κ2) is 12.0. The van der Waals surface area contributed by atoms with Gasteiger partial charge in [0.1, 0.15) is 23.5 Å². The van der Waals surface area contributed by atoms with E-state index in [0.717, 1.165) is 32.0 Å². The lowest BCUT2D eigenvalue weighted by atomic mass is 10.0. The van der Waals surface area contributed by atoms with Crippen LogP contribution in [-0.4, -0.2) is 64.6 Å². The van der Waals surface area contributed by atoms with Gasteiger partial charge in [0.25, 0.3) is 0 Å². The molecule has 7 nitrogen and oxygen atoms in total. The fourth-order valence-electron chi connectivity index (χ4n) is 3.33. The minimum absolute atomic E-state index is 0. The normalized spacial score (nSPS) is 17.6. The van der Waals surface area contributed by atoms with E-state index in [1.165, 1.54) is 5.56 Å². The molecule has 1 aliphatic rings. The molecule has 0 spiro atoms. The molecule has 0 aliphatic carbocycles. The number of aliphatic hydroxyl groups is 1. The third-order valence-electron chi connectivity index (χ3n) is 4.82. The molecule has 2 unspecified atom stereocenters. The molecule has 2 aromatic rings. The van der Waals surface area contributed by atoms with E-state index < -0.39 is 6.10 Å². The minimum Gasteiger partial charge on any atom is -0.489 e. The van der Waals surface area contributed by atoms with E-state index >= 15 is 0 Å². The van der Waals surface area contributed by atoms with Crippen LogP contribution in [0.4, 0.5) is 0 Å². The lowest BCUT2D eigenvalue weighted by Crippen LogP contribution is -2.40. The third kappa shape index (κ3) is 6.63. The van der Waals surface area contributed by atoms with Gasteiger partial charge >= 0.3 is 0 Å². The number of halogens is 3. The number of guanidine groups is 1. The van der Waals surface area contributed by atoms with Gasteiger partial charge in [0, 0.05) is 38.8 Å². The van der Waals surface area contributed by atoms with E-state index in [-0.39, 0.29) is 37.1 Å². The fourth-order valence-corrected chi connectivity index (χ4v) is 3.67. The summed E-state index contributed by atoms with van der Waals surface area (Å²) in [5.41, 5.74) is 1.25. The van der Waals surface area contributed by atoms with E-state index in [1.807, 2.05) is 24.9 Å². The summed E-state index contributed by atoms with van der Waals surface area (Å²) in [4.78, 5) is 6.83. The summed E-state index contributed by atoms with van der Waals surface area (Å²) in [6.07, 6.45) is 4.30. The van der Waals surface area contributed by atoms with Crippen molar-refractivity contribution in [1.29, 1.82) is 0 Å². The molecule has 10 heteroatoms. The quantitative estimate of drug-likeness (QED) is 0.304. The molecule has 0 radical (unpaired) electrons. The number of aryl methyl sites for hydroxylation is 1. The summed E-state index contributed by atoms with van der Waals surface area (Å²) in [6.45, 7) is 4.90. The first-order chi connectivity index (χ1) is 14.0. The van der Waals surface area contributed by atoms with Gasteiger partial charge in [0.05, 0.1) is 17.8 Å². The van der Waals surface area contributed by atoms with Gasteiger partial charge in [-0.1, -0.05) is 29.3 Å². The number of aromatic nitrogens is 2. The highest BCUT2D eigenvalue weighted by molar-refractivity contribution is 14.0. The maximum Gasteiger partial charge on any atom is 0.194 e. The van der Waals surface area contributed by atoms with Gasteiger partial charge in [-0.3, -0.25) is 9.67 Å². The van der Waals surface area contributed by atoms with Crippen LogP contribution in [0.25, 0.3) is 0 Å². The second-order valence-electron chi connectivity index (χ2n) is 7.09. The van der Waals surface area contributed by atoms with Crippen molar-refractivity contribution in [2.24, 2.45) is 12.0 Å². The number of aliphatic hydroxyl groups excluding tert-OH is 1. The maximum absolute atomic E-state index is 10.3. The van der Waals surface area contributed by atoms with Gasteiger partial charge in [-0.25, -0.2) is 0 Å². The Hall–Kier alpha value is -1.23. The monoisotopic (exact) mass is 567 g/mol. The molecule has 1 aromatic heterocycles. The largest absolute Gasteiger partial charge is 0.489 e. The first-order valence-electron chi connectivity index (χ1n) is 9.74. The third-order valence-corrected chi connectivity index (χ3v) is 5.62. The Morgan fingerprint density at radius 1 is 1.43 bits per heavy atom. The zero-order valence-electron chi connectivity index (χ0n) is 17.1. The number of hydrogen-bond acceptors (Lipinski definition) is 4. The van der Waals surface area contributed by atoms with Crippen LogP contribution in [0.1, 0.15) is 24.8 Å². The van der Waals surface area contributed by atoms with Crippen molar-refractivity contribution >= 4 is 53.1 Å². The Balaban J connectivity index is 0.00000320. The Kier molecular flexibility index (Phi) is 9.99. The van der Waals surface area contributed by atoms with Gasteiger partial charge in [0.15, 0.2) is 5.96 Å². The Morgan fingerprint density at radius 3 is 2.93 bits per heavy atom. The molecule has 2 atom stereocenters. The van der Waals surface area contributed by atoms with Crippen LogP contribution in [0.2, 0.25) is 10.0 Å². The molecule has 166 valence electrons. The smallest absolute Gasteiger partial charge is 0.194 e. The van der Waals surface area contributed by atoms with Crippen molar-refractivity contribution in [2.75, 3.05) is 32.8 Å². The van der Waals surface area contributed by atoms with Crippen molar-refractivity contribution < 1.29 is 9.84 Å². The fraction of sp³-hybridized carbons (Fsp3) is 0.500. The van der Waals surface area contributed by atoms with Crippen LogP contribution in [0.5, 0.6) is 5.75 Å². The maximum atomic E-state index is 10.3. The van der Waals surface area contributed by atoms with Crippen molar-refractivity contribution in [2.45, 2.75) is 25.4 Å². The average molecular weight is 568 g/mol. The molecule has 0 amide bonds. The van der Waals surface area contributed by atoms with Crippen molar-refractivity contribution in [3.63, 3.8) is 0 Å². The number of nitrogens with one attached hydrogen (secondary N) is 1. The summed E-state index contributed by atoms with van der Waals surface area (Å²) in [7, 11) is 1.93. The molecule has 2 N–H and O–H groups in total. The van der Waals surface area contributed by atoms with Crippen LogP contribution < -0.4 is 10.1 Å². The van der Waals surface area contributed by atoms with Crippen LogP contribution in [-0.2, 0) is 7.05 Å². The topological polar surface area (TPSA) is 74.9 Å². The SMILES string of the molecule is CCNC(=NCC(O)COc1cccc(Cl)c1Cl)N1CCC(c2cnn(C)c2)C1.I. The van der Waals surface area contributed by atoms with Crippen molar-refractivity contribution in [3.8, 4) is 5.75 Å². The molecular formula is C20H28Cl2IN5O2. The van der Waals surface area contributed by atoms with E-state index in [4.69, 9.17) is 27.9 Å². The minimum atomic E-state index is -0.754. The van der Waals surface area contributed by atoms with Crippen LogP contribution in [0, 0.1) is 0 Å². The number of ether oxygens (including phenoxy) is 1. The van der Waals surface area contributed by atoms with Crippen molar-refractivity contribution in [3.05, 3.63) is 46.2 Å². The number of benzene rings is 1. The Bertz CT molecular complexity index is 848. The molecule has 1 aromatic carbocycles. The number of nitrogens with zero attached hydrogens (tertiary/aromatic N) is 4. The molecule has 0 saturated carbocycles. The zero-order valence-corrected chi connectivity index (χ0v) is 20.9. The number of rotatable bonds is 7. The highest BCUT2D eigenvalue weighted by Crippen LogP contribution is 2.31. The standard InChI is InChI=1S/C20H27Cl2N5O2.HI/c1-3-23-20(27-8-7-14(12-27)15-9-25-26(2)11-15)24-10-16(28)13-29-18-6-4-5-17(21)19(18)22;/h4-6,9,11,14,16,28H,3,7-8,10,12-13H2,1-2H3,(H,23,24);1H. The molecule has 2 heterocycles. The van der Waals surface area contributed by atoms with Crippen molar-refractivity contribution in [1.82, 2.24) is 20.0 Å². The second-order valence-corrected chi connectivity index (χ2v) is 7.88. The molecule has 1 fully saturated rings. The summed E-state index contributed by atoms with van der Waals surface area (Å²) in [5, 5.41) is 18.6. The predicted molar refractivity (Wildman–Crippen MR) is 131 cm³/mol. The molecular weight excluding hydrogens is 540 g/mol. The molecule has 1 saturated heterocycles. The first kappa shape index (κ1) is 25.0. The van der Waals surface area contributed by atoms with Crippen LogP contribution in [0.15, 0.2) is 35.6 Å². The van der Waals surface area contributed by atoms with Gasteiger partial charge in [-0.05, 0) is 31.0 Å². The summed E-state index contributed by atoms with van der Waals surface area (Å²) in [5.74, 6) is 1.69. The molecule has 3 rings (SSSR count). The Labute approximate surface area is 204 Å². The summed E-state index contributed by atoms with van der Waals surface area (Å²) in [6, 6.07) is 5.16. The molecule has 30 heavy (non-hydrogen) atoms. The molecule has 1 aliphatic heterocycles. The number of hydrogen-bond donors (Lipinski definition) is 2. The van der Waals surface area contributed by atoms with Crippen LogP contribution >= 0.6 is 47.2 Å². The number of likely N-dealkylation sites (tertiary alicyclic amines) is 1. The lowest BCUT2D eigenvalue weighted by Gasteiger charge is -2.22. The van der Waals surface area contributed by atoms with E-state index in [1.54, 1.807) is 18.2 Å². The summed E-state index contributed by atoms with van der Waals surface area (Å²) < 4.78 is 7.43. The van der Waals surface area contributed by atoms with Gasteiger partial charge in [-0.2, -0.15) is 5.10 Å². The average Bonchev–Trinajstić information content (AvgIpc) is 3.35. The first-order valence-corrected chi connectivity index (χ1v) is 10.5. The molecule has 0 bridgehead atoms. The zero-order chi connectivity index (χ0) is 20.8. The highest BCUT2D eigenvalue weighted by Gasteiger charge is 2.27. The highest BCUT2D eigenvalue weighted by atomic mass is 127. The van der Waals surface area contributed by atoms with Gasteiger partial charge < -0.3 is 20.1 Å². The summed E-state index contributed by atoms with van der Waals surface area (Å²) >= 11 is 12.1. The predicted octanol–water partition coefficient (Wildman–Crippen LogP) is 3.54. The van der Waals surface area contributed by atoms with E-state index in [0.29, 0.717) is 21.7 Å². The lowest BCUT2D eigenvalue weighted by molar-refractivity contribution is 0.114. The van der Waals surface area contributed by atoms with Gasteiger partial charge in [-0.15, -0.1) is 24.0 Å². The van der Waals surface area contributed by atoms with E-state index in [2.05, 4.69) is 26.5 Å². The van der Waals surface area contributed by atoms with Gasteiger partial charge in [0.2, 0.25) is 0 Å². The number of aliphatic imine (C=N–C) groups is 1. The van der Waals surface area contributed by atoms with E-state index in [9.17, 15) is 5.11 Å².